The van der Waals surface area contributed by atoms with E-state index in [1.165, 1.54) is 0 Å². The van der Waals surface area contributed by atoms with Crippen LogP contribution in [0.3, 0.4) is 0 Å². The van der Waals surface area contributed by atoms with Crippen LogP contribution in [0.15, 0.2) is 36.4 Å². The first-order valence-electron chi connectivity index (χ1n) is 6.29. The number of carbonyl (C=O) groups excluding carboxylic acids is 1. The minimum absolute atomic E-state index is 0.0938. The van der Waals surface area contributed by atoms with Gasteiger partial charge in [0.1, 0.15) is 0 Å². The summed E-state index contributed by atoms with van der Waals surface area (Å²) in [7, 11) is 0. The van der Waals surface area contributed by atoms with Gasteiger partial charge in [-0.2, -0.15) is 5.26 Å². The Morgan fingerprint density at radius 1 is 1.28 bits per heavy atom. The van der Waals surface area contributed by atoms with Gasteiger partial charge in [-0.15, -0.1) is 0 Å². The van der Waals surface area contributed by atoms with Crippen LogP contribution in [0.5, 0.6) is 0 Å². The number of benzene rings is 1. The molecule has 0 N–H and O–H groups in total. The lowest BCUT2D eigenvalue weighted by molar-refractivity contribution is 0.0689. The molecule has 0 aliphatic carbocycles. The van der Waals surface area contributed by atoms with E-state index in [0.717, 1.165) is 19.3 Å². The lowest BCUT2D eigenvalue weighted by Gasteiger charge is -2.31. The second-order valence-electron chi connectivity index (χ2n) is 4.86. The highest BCUT2D eigenvalue weighted by Gasteiger charge is 2.37. The molecule has 3 rings (SSSR count). The molecule has 3 nitrogen and oxygen atoms in total. The van der Waals surface area contributed by atoms with Crippen molar-refractivity contribution in [2.24, 2.45) is 0 Å². The van der Waals surface area contributed by atoms with E-state index in [0.29, 0.717) is 17.2 Å². The number of nitriles is 1. The molecular weight excluding hydrogens is 224 g/mol. The van der Waals surface area contributed by atoms with Gasteiger partial charge in [0.2, 0.25) is 0 Å². The standard InChI is InChI=1S/C15H14N2O/c16-10-11-4-6-12(7-5-11)15(18)17-13-2-1-3-14(17)9-8-13/h1-2,4-7,13-14H,3,8-9H2/t13-,14-/m0/s1. The second-order valence-corrected chi connectivity index (χ2v) is 4.86. The maximum atomic E-state index is 12.5. The predicted octanol–water partition coefficient (Wildman–Crippen LogP) is 2.49. The van der Waals surface area contributed by atoms with Gasteiger partial charge in [-0.3, -0.25) is 4.79 Å². The number of rotatable bonds is 1. The van der Waals surface area contributed by atoms with Crippen molar-refractivity contribution in [2.75, 3.05) is 0 Å². The Labute approximate surface area is 106 Å². The average molecular weight is 238 g/mol. The summed E-state index contributed by atoms with van der Waals surface area (Å²) in [4.78, 5) is 14.5. The van der Waals surface area contributed by atoms with Gasteiger partial charge < -0.3 is 4.90 Å². The van der Waals surface area contributed by atoms with Gasteiger partial charge in [0, 0.05) is 11.6 Å². The predicted molar refractivity (Wildman–Crippen MR) is 67.9 cm³/mol. The summed E-state index contributed by atoms with van der Waals surface area (Å²) in [5.74, 6) is 0.0938. The first kappa shape index (κ1) is 11.0. The SMILES string of the molecule is N#Cc1ccc(C(=O)N2[C@H]3CC=C[C@H]2CC3)cc1. The lowest BCUT2D eigenvalue weighted by Crippen LogP contribution is -2.42. The topological polar surface area (TPSA) is 44.1 Å². The maximum absolute atomic E-state index is 12.5. The maximum Gasteiger partial charge on any atom is 0.254 e. The van der Waals surface area contributed by atoms with Crippen molar-refractivity contribution in [1.29, 1.82) is 5.26 Å². The molecule has 2 aliphatic rings. The van der Waals surface area contributed by atoms with Crippen molar-refractivity contribution in [3.05, 3.63) is 47.5 Å². The van der Waals surface area contributed by atoms with Crippen LogP contribution in [-0.4, -0.2) is 22.9 Å². The highest BCUT2D eigenvalue weighted by molar-refractivity contribution is 5.95. The minimum Gasteiger partial charge on any atom is -0.329 e. The van der Waals surface area contributed by atoms with E-state index in [9.17, 15) is 4.79 Å². The minimum atomic E-state index is 0.0938. The van der Waals surface area contributed by atoms with Gasteiger partial charge in [0.25, 0.3) is 5.91 Å². The van der Waals surface area contributed by atoms with Crippen LogP contribution in [0.4, 0.5) is 0 Å². The molecular formula is C15H14N2O. The zero-order valence-corrected chi connectivity index (χ0v) is 10.0. The van der Waals surface area contributed by atoms with Crippen molar-refractivity contribution >= 4 is 5.91 Å². The Morgan fingerprint density at radius 3 is 2.72 bits per heavy atom. The summed E-state index contributed by atoms with van der Waals surface area (Å²) >= 11 is 0. The lowest BCUT2D eigenvalue weighted by atomic mass is 10.1. The van der Waals surface area contributed by atoms with E-state index < -0.39 is 0 Å². The molecule has 3 heteroatoms. The van der Waals surface area contributed by atoms with Crippen LogP contribution < -0.4 is 0 Å². The van der Waals surface area contributed by atoms with E-state index in [4.69, 9.17) is 5.26 Å². The third kappa shape index (κ3) is 1.70. The van der Waals surface area contributed by atoms with Crippen LogP contribution in [0.2, 0.25) is 0 Å². The highest BCUT2D eigenvalue weighted by atomic mass is 16.2. The van der Waals surface area contributed by atoms with Gasteiger partial charge in [-0.25, -0.2) is 0 Å². The number of amides is 1. The summed E-state index contributed by atoms with van der Waals surface area (Å²) in [5.41, 5.74) is 1.27. The molecule has 18 heavy (non-hydrogen) atoms. The molecule has 2 aliphatic heterocycles. The summed E-state index contributed by atoms with van der Waals surface area (Å²) in [6, 6.07) is 9.60. The van der Waals surface area contributed by atoms with Gasteiger partial charge in [-0.1, -0.05) is 12.2 Å². The Bertz CT molecular complexity index is 539. The molecule has 1 saturated heterocycles. The molecule has 2 heterocycles. The number of carbonyl (C=O) groups is 1. The van der Waals surface area contributed by atoms with Crippen molar-refractivity contribution in [3.8, 4) is 6.07 Å². The Morgan fingerprint density at radius 2 is 2.06 bits per heavy atom. The number of hydrogen-bond acceptors (Lipinski definition) is 2. The largest absolute Gasteiger partial charge is 0.329 e. The third-order valence-electron chi connectivity index (χ3n) is 3.81. The van der Waals surface area contributed by atoms with Gasteiger partial charge in [0.05, 0.1) is 17.7 Å². The van der Waals surface area contributed by atoms with Crippen LogP contribution in [0.25, 0.3) is 0 Å². The molecule has 1 fully saturated rings. The average Bonchev–Trinajstić information content (AvgIpc) is 2.67. The van der Waals surface area contributed by atoms with Crippen molar-refractivity contribution in [2.45, 2.75) is 31.3 Å². The van der Waals surface area contributed by atoms with E-state index >= 15 is 0 Å². The molecule has 1 amide bonds. The zero-order valence-electron chi connectivity index (χ0n) is 10.0. The highest BCUT2D eigenvalue weighted by Crippen LogP contribution is 2.32. The molecule has 2 bridgehead atoms. The van der Waals surface area contributed by atoms with E-state index in [-0.39, 0.29) is 11.9 Å². The Balaban J connectivity index is 1.86. The van der Waals surface area contributed by atoms with Crippen LogP contribution in [-0.2, 0) is 0 Å². The van der Waals surface area contributed by atoms with Crippen LogP contribution in [0, 0.1) is 11.3 Å². The first-order chi connectivity index (χ1) is 8.79. The smallest absolute Gasteiger partial charge is 0.254 e. The van der Waals surface area contributed by atoms with Crippen LogP contribution in [0.1, 0.15) is 35.2 Å². The van der Waals surface area contributed by atoms with Crippen LogP contribution >= 0.6 is 0 Å². The molecule has 0 radical (unpaired) electrons. The fourth-order valence-electron chi connectivity index (χ4n) is 2.88. The molecule has 1 aromatic carbocycles. The fraction of sp³-hybridized carbons (Fsp3) is 0.333. The summed E-state index contributed by atoms with van der Waals surface area (Å²) in [6.45, 7) is 0. The van der Waals surface area contributed by atoms with Crippen molar-refractivity contribution in [1.82, 2.24) is 4.90 Å². The van der Waals surface area contributed by atoms with Crippen molar-refractivity contribution in [3.63, 3.8) is 0 Å². The molecule has 0 saturated carbocycles. The van der Waals surface area contributed by atoms with Gasteiger partial charge in [0.15, 0.2) is 0 Å². The Hall–Kier alpha value is -2.08. The fourth-order valence-corrected chi connectivity index (χ4v) is 2.88. The van der Waals surface area contributed by atoms with Gasteiger partial charge >= 0.3 is 0 Å². The quantitative estimate of drug-likeness (QED) is 0.705. The van der Waals surface area contributed by atoms with E-state index in [1.807, 2.05) is 4.90 Å². The third-order valence-corrected chi connectivity index (χ3v) is 3.81. The van der Waals surface area contributed by atoms with E-state index in [1.54, 1.807) is 24.3 Å². The van der Waals surface area contributed by atoms with Crippen molar-refractivity contribution < 1.29 is 4.79 Å². The summed E-state index contributed by atoms with van der Waals surface area (Å²) in [5, 5.41) is 8.76. The molecule has 2 atom stereocenters. The Kier molecular flexibility index (Phi) is 2.64. The molecule has 0 spiro atoms. The summed E-state index contributed by atoms with van der Waals surface area (Å²) < 4.78 is 0. The molecule has 0 unspecified atom stereocenters. The zero-order chi connectivity index (χ0) is 12.5. The second kappa shape index (κ2) is 4.30. The first-order valence-corrected chi connectivity index (χ1v) is 6.29. The normalized spacial score (nSPS) is 24.9. The number of fused-ring (bicyclic) bond motifs is 2. The molecule has 90 valence electrons. The molecule has 0 aromatic heterocycles. The molecule has 1 aromatic rings. The number of hydrogen-bond donors (Lipinski definition) is 0. The summed E-state index contributed by atoms with van der Waals surface area (Å²) in [6.07, 6.45) is 7.47. The monoisotopic (exact) mass is 238 g/mol. The van der Waals surface area contributed by atoms with E-state index in [2.05, 4.69) is 18.2 Å². The van der Waals surface area contributed by atoms with Gasteiger partial charge in [-0.05, 0) is 43.5 Å². The number of nitrogens with zero attached hydrogens (tertiary/aromatic N) is 2.